The predicted octanol–water partition coefficient (Wildman–Crippen LogP) is 3.41. The highest BCUT2D eigenvalue weighted by Crippen LogP contribution is 2.32. The van der Waals surface area contributed by atoms with E-state index < -0.39 is 0 Å². The summed E-state index contributed by atoms with van der Waals surface area (Å²) in [6.45, 7) is 2.09. The van der Waals surface area contributed by atoms with E-state index in [4.69, 9.17) is 4.74 Å². The molecule has 1 saturated carbocycles. The number of rotatable bonds is 7. The average molecular weight is 435 g/mol. The summed E-state index contributed by atoms with van der Waals surface area (Å²) in [5.41, 5.74) is 2.79. The third kappa shape index (κ3) is 4.16. The molecule has 168 valence electrons. The number of methoxy groups -OCH3 is 1. The number of piperidine rings is 1. The second kappa shape index (κ2) is 8.81. The minimum Gasteiger partial charge on any atom is -0.497 e. The van der Waals surface area contributed by atoms with Crippen molar-refractivity contribution in [3.63, 3.8) is 0 Å². The second-order valence-electron chi connectivity index (χ2n) is 9.04. The van der Waals surface area contributed by atoms with Crippen molar-refractivity contribution in [2.75, 3.05) is 20.2 Å². The number of carbonyl (C=O) groups is 1. The first-order valence-electron chi connectivity index (χ1n) is 11.6. The molecule has 2 aromatic heterocycles. The fourth-order valence-electron chi connectivity index (χ4n) is 4.77. The number of hydrogen-bond donors (Lipinski definition) is 0. The lowest BCUT2D eigenvalue weighted by Crippen LogP contribution is -2.43. The molecule has 1 saturated heterocycles. The summed E-state index contributed by atoms with van der Waals surface area (Å²) >= 11 is 0. The van der Waals surface area contributed by atoms with Gasteiger partial charge in [-0.3, -0.25) is 13.9 Å². The molecule has 7 nitrogen and oxygen atoms in total. The van der Waals surface area contributed by atoms with Crippen molar-refractivity contribution in [2.24, 2.45) is 5.92 Å². The summed E-state index contributed by atoms with van der Waals surface area (Å²) in [4.78, 5) is 32.8. The van der Waals surface area contributed by atoms with E-state index in [0.717, 1.165) is 48.4 Å². The van der Waals surface area contributed by atoms with E-state index in [1.54, 1.807) is 13.3 Å². The summed E-state index contributed by atoms with van der Waals surface area (Å²) in [6.07, 6.45) is 7.09. The average Bonchev–Trinajstić information content (AvgIpc) is 3.61. The van der Waals surface area contributed by atoms with Gasteiger partial charge in [-0.05, 0) is 67.9 Å². The van der Waals surface area contributed by atoms with Crippen LogP contribution in [0, 0.1) is 5.92 Å². The van der Waals surface area contributed by atoms with E-state index >= 15 is 0 Å². The Morgan fingerprint density at radius 2 is 1.97 bits per heavy atom. The SMILES string of the molecule is COc1ccc(CCC(=O)N2CCC[C@H](n3c(=O)n(CC4CC4)c4cccnc43)C2)cc1. The fraction of sp³-hybridized carbons (Fsp3) is 0.480. The lowest BCUT2D eigenvalue weighted by atomic mass is 10.0. The van der Waals surface area contributed by atoms with Crippen LogP contribution in [0.1, 0.15) is 43.7 Å². The first kappa shape index (κ1) is 20.8. The van der Waals surface area contributed by atoms with Crippen molar-refractivity contribution in [2.45, 2.75) is 51.1 Å². The minimum absolute atomic E-state index is 0.0168. The highest BCUT2D eigenvalue weighted by atomic mass is 16.5. The van der Waals surface area contributed by atoms with E-state index in [-0.39, 0.29) is 17.6 Å². The maximum Gasteiger partial charge on any atom is 0.330 e. The number of pyridine rings is 1. The van der Waals surface area contributed by atoms with Crippen molar-refractivity contribution in [3.05, 3.63) is 58.6 Å². The zero-order chi connectivity index (χ0) is 22.1. The summed E-state index contributed by atoms with van der Waals surface area (Å²) in [5.74, 6) is 1.57. The van der Waals surface area contributed by atoms with E-state index in [2.05, 4.69) is 4.98 Å². The Hall–Kier alpha value is -3.09. The molecule has 2 aliphatic rings. The molecule has 1 aliphatic heterocycles. The number of benzene rings is 1. The number of aromatic nitrogens is 3. The second-order valence-corrected chi connectivity index (χ2v) is 9.04. The van der Waals surface area contributed by atoms with Gasteiger partial charge in [-0.25, -0.2) is 9.78 Å². The molecule has 3 heterocycles. The summed E-state index contributed by atoms with van der Waals surface area (Å²) in [7, 11) is 1.65. The summed E-state index contributed by atoms with van der Waals surface area (Å²) in [6, 6.07) is 11.7. The fourth-order valence-corrected chi connectivity index (χ4v) is 4.77. The smallest absolute Gasteiger partial charge is 0.330 e. The Bertz CT molecular complexity index is 1160. The lowest BCUT2D eigenvalue weighted by Gasteiger charge is -2.33. The number of carbonyl (C=O) groups excluding carboxylic acids is 1. The van der Waals surface area contributed by atoms with Gasteiger partial charge in [-0.2, -0.15) is 0 Å². The van der Waals surface area contributed by atoms with Gasteiger partial charge in [0, 0.05) is 32.3 Å². The van der Waals surface area contributed by atoms with Crippen molar-refractivity contribution in [3.8, 4) is 5.75 Å². The van der Waals surface area contributed by atoms with Crippen molar-refractivity contribution in [1.82, 2.24) is 19.0 Å². The van der Waals surface area contributed by atoms with Crippen LogP contribution in [-0.4, -0.2) is 45.1 Å². The van der Waals surface area contributed by atoms with Gasteiger partial charge in [0.1, 0.15) is 5.75 Å². The molecule has 0 radical (unpaired) electrons. The number of likely N-dealkylation sites (tertiary alicyclic amines) is 1. The Kier molecular flexibility index (Phi) is 5.72. The van der Waals surface area contributed by atoms with Gasteiger partial charge >= 0.3 is 5.69 Å². The number of ether oxygens (including phenoxy) is 1. The third-order valence-electron chi connectivity index (χ3n) is 6.76. The highest BCUT2D eigenvalue weighted by Gasteiger charge is 2.30. The molecule has 1 atom stereocenters. The molecule has 7 heteroatoms. The molecule has 3 aromatic rings. The van der Waals surface area contributed by atoms with E-state index in [9.17, 15) is 9.59 Å². The van der Waals surface area contributed by atoms with Crippen LogP contribution in [0.5, 0.6) is 5.75 Å². The molecule has 1 aromatic carbocycles. The molecule has 0 spiro atoms. The van der Waals surface area contributed by atoms with Crippen LogP contribution in [0.4, 0.5) is 0 Å². The van der Waals surface area contributed by atoms with Crippen LogP contribution in [-0.2, 0) is 17.8 Å². The van der Waals surface area contributed by atoms with Crippen LogP contribution in [0.25, 0.3) is 11.2 Å². The number of aryl methyl sites for hydroxylation is 1. The van der Waals surface area contributed by atoms with Crippen LogP contribution >= 0.6 is 0 Å². The van der Waals surface area contributed by atoms with Crippen molar-refractivity contribution in [1.29, 1.82) is 0 Å². The van der Waals surface area contributed by atoms with Crippen LogP contribution in [0.3, 0.4) is 0 Å². The van der Waals surface area contributed by atoms with E-state index in [1.807, 2.05) is 50.4 Å². The molecule has 2 fully saturated rings. The monoisotopic (exact) mass is 434 g/mol. The maximum atomic E-state index is 13.4. The zero-order valence-corrected chi connectivity index (χ0v) is 18.6. The summed E-state index contributed by atoms with van der Waals surface area (Å²) < 4.78 is 8.94. The largest absolute Gasteiger partial charge is 0.497 e. The van der Waals surface area contributed by atoms with Crippen LogP contribution in [0.15, 0.2) is 47.4 Å². The molecular weight excluding hydrogens is 404 g/mol. The number of imidazole rings is 1. The first-order valence-corrected chi connectivity index (χ1v) is 11.6. The molecule has 0 bridgehead atoms. The standard InChI is InChI=1S/C25H30N4O3/c1-32-21-11-8-18(9-12-21)10-13-23(30)27-15-3-4-20(17-27)29-24-22(5-2-14-26-24)28(25(29)31)16-19-6-7-19/h2,5,8-9,11-12,14,19-20H,3-4,6-7,10,13,15-17H2,1H3/t20-/m0/s1. The molecule has 1 amide bonds. The number of fused-ring (bicyclic) bond motifs is 1. The van der Waals surface area contributed by atoms with Gasteiger partial charge < -0.3 is 9.64 Å². The quantitative estimate of drug-likeness (QED) is 0.571. The topological polar surface area (TPSA) is 69.4 Å². The van der Waals surface area contributed by atoms with Gasteiger partial charge in [0.15, 0.2) is 5.65 Å². The molecule has 1 aliphatic carbocycles. The Balaban J connectivity index is 1.31. The maximum absolute atomic E-state index is 13.4. The molecule has 0 unspecified atom stereocenters. The van der Waals surface area contributed by atoms with Crippen LogP contribution < -0.4 is 10.4 Å². The zero-order valence-electron chi connectivity index (χ0n) is 18.6. The Labute approximate surface area is 187 Å². The van der Waals surface area contributed by atoms with Crippen LogP contribution in [0.2, 0.25) is 0 Å². The molecule has 5 rings (SSSR count). The number of amides is 1. The number of nitrogens with zero attached hydrogens (tertiary/aromatic N) is 4. The Morgan fingerprint density at radius 3 is 2.72 bits per heavy atom. The molecule has 0 N–H and O–H groups in total. The van der Waals surface area contributed by atoms with Gasteiger partial charge in [-0.1, -0.05) is 12.1 Å². The van der Waals surface area contributed by atoms with Crippen molar-refractivity contribution >= 4 is 17.1 Å². The van der Waals surface area contributed by atoms with Gasteiger partial charge in [0.05, 0.1) is 18.7 Å². The Morgan fingerprint density at radius 1 is 1.16 bits per heavy atom. The van der Waals surface area contributed by atoms with E-state index in [0.29, 0.717) is 25.3 Å². The van der Waals surface area contributed by atoms with Crippen molar-refractivity contribution < 1.29 is 9.53 Å². The minimum atomic E-state index is -0.0287. The van der Waals surface area contributed by atoms with E-state index in [1.165, 1.54) is 12.8 Å². The van der Waals surface area contributed by atoms with Gasteiger partial charge in [-0.15, -0.1) is 0 Å². The number of hydrogen-bond acceptors (Lipinski definition) is 4. The predicted molar refractivity (Wildman–Crippen MR) is 123 cm³/mol. The first-order chi connectivity index (χ1) is 15.6. The van der Waals surface area contributed by atoms with Gasteiger partial charge in [0.25, 0.3) is 0 Å². The molecule has 32 heavy (non-hydrogen) atoms. The third-order valence-corrected chi connectivity index (χ3v) is 6.76. The summed E-state index contributed by atoms with van der Waals surface area (Å²) in [5, 5.41) is 0. The highest BCUT2D eigenvalue weighted by molar-refractivity contribution is 5.77. The normalized spacial score (nSPS) is 18.8. The van der Waals surface area contributed by atoms with Gasteiger partial charge in [0.2, 0.25) is 5.91 Å². The molecular formula is C25H30N4O3. The lowest BCUT2D eigenvalue weighted by molar-refractivity contribution is -0.132.